The van der Waals surface area contributed by atoms with Crippen molar-refractivity contribution in [2.24, 2.45) is 0 Å². The summed E-state index contributed by atoms with van der Waals surface area (Å²) in [7, 11) is 0. The topological polar surface area (TPSA) is 79.5 Å². The number of aromatic carboxylic acids is 1. The van der Waals surface area contributed by atoms with E-state index in [0.717, 1.165) is 35.9 Å². The highest BCUT2D eigenvalue weighted by Gasteiger charge is 2.17. The number of rotatable bonds is 5. The molecule has 2 rings (SSSR count). The number of aryl methyl sites for hydroxylation is 2. The lowest BCUT2D eigenvalue weighted by Gasteiger charge is -2.13. The zero-order valence-electron chi connectivity index (χ0n) is 12.0. The Morgan fingerprint density at radius 3 is 2.29 bits per heavy atom. The van der Waals surface area contributed by atoms with Gasteiger partial charge in [0.25, 0.3) is 5.91 Å². The average molecular weight is 287 g/mol. The molecule has 2 N–H and O–H groups in total. The van der Waals surface area contributed by atoms with E-state index in [-0.39, 0.29) is 11.3 Å². The van der Waals surface area contributed by atoms with Crippen molar-refractivity contribution in [1.82, 2.24) is 0 Å². The lowest BCUT2D eigenvalue weighted by molar-refractivity contribution is 0.0696. The summed E-state index contributed by atoms with van der Waals surface area (Å²) in [6, 6.07) is 7.10. The van der Waals surface area contributed by atoms with Crippen molar-refractivity contribution in [3.63, 3.8) is 0 Å². The average Bonchev–Trinajstić information content (AvgIpc) is 2.97. The summed E-state index contributed by atoms with van der Waals surface area (Å²) in [6.07, 6.45) is 2.65. The van der Waals surface area contributed by atoms with Crippen LogP contribution in [0, 0.1) is 0 Å². The third-order valence-corrected chi connectivity index (χ3v) is 3.31. The quantitative estimate of drug-likeness (QED) is 0.883. The van der Waals surface area contributed by atoms with E-state index in [0.29, 0.717) is 0 Å². The minimum Gasteiger partial charge on any atom is -0.478 e. The van der Waals surface area contributed by atoms with E-state index in [1.54, 1.807) is 0 Å². The van der Waals surface area contributed by atoms with Crippen LogP contribution < -0.4 is 5.32 Å². The highest BCUT2D eigenvalue weighted by Crippen LogP contribution is 2.23. The van der Waals surface area contributed by atoms with Gasteiger partial charge in [0.05, 0.1) is 5.56 Å². The van der Waals surface area contributed by atoms with Crippen molar-refractivity contribution < 1.29 is 19.1 Å². The summed E-state index contributed by atoms with van der Waals surface area (Å²) in [5.74, 6) is -1.58. The van der Waals surface area contributed by atoms with Crippen molar-refractivity contribution in [2.75, 3.05) is 5.32 Å². The number of hydrogen-bond donors (Lipinski definition) is 2. The van der Waals surface area contributed by atoms with Crippen LogP contribution in [0.25, 0.3) is 0 Å². The smallest absolute Gasteiger partial charge is 0.338 e. The molecule has 5 heteroatoms. The molecule has 0 aliphatic rings. The number of carbonyl (C=O) groups excluding carboxylic acids is 1. The second kappa shape index (κ2) is 6.26. The molecule has 0 atom stereocenters. The summed E-state index contributed by atoms with van der Waals surface area (Å²) < 4.78 is 5.01. The second-order valence-corrected chi connectivity index (χ2v) is 4.62. The van der Waals surface area contributed by atoms with Gasteiger partial charge in [0.1, 0.15) is 6.26 Å². The number of furan rings is 1. The van der Waals surface area contributed by atoms with Gasteiger partial charge in [0.15, 0.2) is 5.76 Å². The zero-order chi connectivity index (χ0) is 15.4. The molecule has 1 aromatic carbocycles. The molecule has 0 radical (unpaired) electrons. The maximum absolute atomic E-state index is 12.2. The largest absolute Gasteiger partial charge is 0.478 e. The van der Waals surface area contributed by atoms with Gasteiger partial charge in [0, 0.05) is 11.8 Å². The zero-order valence-corrected chi connectivity index (χ0v) is 12.0. The predicted molar refractivity (Wildman–Crippen MR) is 78.8 cm³/mol. The highest BCUT2D eigenvalue weighted by molar-refractivity contribution is 6.04. The molecule has 0 saturated heterocycles. The molecule has 0 aliphatic heterocycles. The number of nitrogens with one attached hydrogen (secondary N) is 1. The maximum Gasteiger partial charge on any atom is 0.338 e. The molecule has 0 unspecified atom stereocenters. The molecule has 21 heavy (non-hydrogen) atoms. The van der Waals surface area contributed by atoms with E-state index in [1.807, 2.05) is 32.0 Å². The van der Waals surface area contributed by atoms with Crippen LogP contribution in [-0.4, -0.2) is 17.0 Å². The van der Waals surface area contributed by atoms with Gasteiger partial charge in [-0.05, 0) is 24.0 Å². The summed E-state index contributed by atoms with van der Waals surface area (Å²) in [6.45, 7) is 4.03. The van der Waals surface area contributed by atoms with Crippen LogP contribution >= 0.6 is 0 Å². The monoisotopic (exact) mass is 287 g/mol. The fourth-order valence-corrected chi connectivity index (χ4v) is 2.15. The summed E-state index contributed by atoms with van der Waals surface area (Å²) in [5, 5.41) is 11.7. The molecular formula is C16H17NO4. The normalized spacial score (nSPS) is 10.4. The van der Waals surface area contributed by atoms with Crippen LogP contribution in [0.15, 0.2) is 34.9 Å². The molecule has 0 fully saturated rings. The lowest BCUT2D eigenvalue weighted by atomic mass is 10.0. The van der Waals surface area contributed by atoms with Crippen LogP contribution in [0.3, 0.4) is 0 Å². The van der Waals surface area contributed by atoms with Crippen molar-refractivity contribution in [3.05, 3.63) is 53.0 Å². The van der Waals surface area contributed by atoms with E-state index < -0.39 is 11.9 Å². The van der Waals surface area contributed by atoms with Crippen molar-refractivity contribution >= 4 is 17.6 Å². The van der Waals surface area contributed by atoms with Crippen molar-refractivity contribution in [1.29, 1.82) is 0 Å². The Labute approximate surface area is 122 Å². The lowest BCUT2D eigenvalue weighted by Crippen LogP contribution is -2.14. The molecule has 110 valence electrons. The molecule has 1 amide bonds. The van der Waals surface area contributed by atoms with Gasteiger partial charge in [-0.2, -0.15) is 0 Å². The number of para-hydroxylation sites is 1. The molecular weight excluding hydrogens is 270 g/mol. The van der Waals surface area contributed by atoms with E-state index in [9.17, 15) is 9.59 Å². The Morgan fingerprint density at radius 1 is 1.19 bits per heavy atom. The first-order valence-electron chi connectivity index (χ1n) is 6.80. The number of carbonyl (C=O) groups is 2. The van der Waals surface area contributed by atoms with Gasteiger partial charge in [-0.1, -0.05) is 32.0 Å². The van der Waals surface area contributed by atoms with Crippen molar-refractivity contribution in [3.8, 4) is 0 Å². The molecule has 5 nitrogen and oxygen atoms in total. The van der Waals surface area contributed by atoms with Crippen LogP contribution in [0.4, 0.5) is 5.69 Å². The highest BCUT2D eigenvalue weighted by atomic mass is 16.4. The van der Waals surface area contributed by atoms with Crippen LogP contribution in [0.5, 0.6) is 0 Å². The van der Waals surface area contributed by atoms with E-state index in [1.165, 1.54) is 6.07 Å². The number of carboxylic acids is 1. The van der Waals surface area contributed by atoms with Gasteiger partial charge in [0.2, 0.25) is 0 Å². The number of amides is 1. The molecule has 0 bridgehead atoms. The first-order valence-corrected chi connectivity index (χ1v) is 6.80. The van der Waals surface area contributed by atoms with Gasteiger partial charge >= 0.3 is 5.97 Å². The predicted octanol–water partition coefficient (Wildman–Crippen LogP) is 3.35. The van der Waals surface area contributed by atoms with Crippen LogP contribution in [0.2, 0.25) is 0 Å². The standard InChI is InChI=1S/C16H17NO4/c1-3-10-6-5-7-11(4-2)14(10)17-15(18)13-8-12(9-21-13)16(19)20/h5-9H,3-4H2,1-2H3,(H,17,18)(H,19,20). The Hall–Kier alpha value is -2.56. The molecule has 1 aromatic heterocycles. The molecule has 0 saturated carbocycles. The Bertz CT molecular complexity index is 650. The number of carboxylic acid groups (broad SMARTS) is 1. The Morgan fingerprint density at radius 2 is 1.81 bits per heavy atom. The first kappa shape index (κ1) is 14.8. The van der Waals surface area contributed by atoms with E-state index in [2.05, 4.69) is 5.32 Å². The minimum absolute atomic E-state index is 0.0136. The van der Waals surface area contributed by atoms with E-state index in [4.69, 9.17) is 9.52 Å². The SMILES string of the molecule is CCc1cccc(CC)c1NC(=O)c1cc(C(=O)O)co1. The van der Waals surface area contributed by atoms with Gasteiger partial charge in [-0.15, -0.1) is 0 Å². The minimum atomic E-state index is -1.12. The molecule has 2 aromatic rings. The second-order valence-electron chi connectivity index (χ2n) is 4.62. The first-order chi connectivity index (χ1) is 10.1. The van der Waals surface area contributed by atoms with Gasteiger partial charge in [-0.3, -0.25) is 4.79 Å². The third kappa shape index (κ3) is 3.13. The van der Waals surface area contributed by atoms with Crippen molar-refractivity contribution in [2.45, 2.75) is 26.7 Å². The number of benzene rings is 1. The maximum atomic E-state index is 12.2. The third-order valence-electron chi connectivity index (χ3n) is 3.31. The number of anilines is 1. The molecule has 0 spiro atoms. The summed E-state index contributed by atoms with van der Waals surface area (Å²) in [4.78, 5) is 23.0. The van der Waals surface area contributed by atoms with Gasteiger partial charge < -0.3 is 14.8 Å². The summed E-state index contributed by atoms with van der Waals surface area (Å²) in [5.41, 5.74) is 2.81. The number of hydrogen-bond acceptors (Lipinski definition) is 3. The molecule has 1 heterocycles. The summed E-state index contributed by atoms with van der Waals surface area (Å²) >= 11 is 0. The Kier molecular flexibility index (Phi) is 4.42. The van der Waals surface area contributed by atoms with E-state index >= 15 is 0 Å². The fourth-order valence-electron chi connectivity index (χ4n) is 2.15. The fraction of sp³-hybridized carbons (Fsp3) is 0.250. The van der Waals surface area contributed by atoms with Crippen LogP contribution in [0.1, 0.15) is 45.9 Å². The van der Waals surface area contributed by atoms with Gasteiger partial charge in [-0.25, -0.2) is 4.79 Å². The molecule has 0 aliphatic carbocycles. The Balaban J connectivity index is 2.28. The van der Waals surface area contributed by atoms with Crippen LogP contribution in [-0.2, 0) is 12.8 Å².